The predicted octanol–water partition coefficient (Wildman–Crippen LogP) is 14.9. The standard InChI is InChI=1S/C52H32O/c1-3-15-33(16-4-1)49-37-19-7-11-23-41(37)51(42-24-12-8-20-38(42)49)35-27-29-47-45(31-35)46-32-36(28-30-48(46)53-47)52-43-25-13-9-21-39(43)50(34-17-5-2-6-18-34)40-22-10-14-26-44(40)52/h1-32H. The zero-order chi connectivity index (χ0) is 34.9. The zero-order valence-corrected chi connectivity index (χ0v) is 28.9. The molecular weight excluding hydrogens is 641 g/mol. The summed E-state index contributed by atoms with van der Waals surface area (Å²) in [6.45, 7) is 0. The first-order valence-electron chi connectivity index (χ1n) is 18.3. The molecule has 246 valence electrons. The summed E-state index contributed by atoms with van der Waals surface area (Å²) in [6, 6.07) is 70.4. The highest BCUT2D eigenvalue weighted by atomic mass is 16.3. The second-order valence-corrected chi connectivity index (χ2v) is 13.9. The summed E-state index contributed by atoms with van der Waals surface area (Å²) < 4.78 is 6.54. The molecule has 1 heterocycles. The van der Waals surface area contributed by atoms with Gasteiger partial charge < -0.3 is 4.42 Å². The van der Waals surface area contributed by atoms with Gasteiger partial charge in [0.25, 0.3) is 0 Å². The van der Waals surface area contributed by atoms with Crippen LogP contribution in [0.4, 0.5) is 0 Å². The number of hydrogen-bond acceptors (Lipinski definition) is 1. The molecule has 1 heteroatoms. The Hall–Kier alpha value is -6.96. The van der Waals surface area contributed by atoms with Crippen LogP contribution in [-0.2, 0) is 0 Å². The van der Waals surface area contributed by atoms with Gasteiger partial charge in [-0.25, -0.2) is 0 Å². The van der Waals surface area contributed by atoms with Crippen LogP contribution in [0.1, 0.15) is 0 Å². The summed E-state index contributed by atoms with van der Waals surface area (Å²) >= 11 is 0. The van der Waals surface area contributed by atoms with Gasteiger partial charge in [-0.2, -0.15) is 0 Å². The van der Waals surface area contributed by atoms with Gasteiger partial charge in [-0.3, -0.25) is 0 Å². The first-order valence-corrected chi connectivity index (χ1v) is 18.3. The Labute approximate surface area is 307 Å². The van der Waals surface area contributed by atoms with E-state index in [1.54, 1.807) is 0 Å². The van der Waals surface area contributed by atoms with Crippen molar-refractivity contribution in [3.63, 3.8) is 0 Å². The monoisotopic (exact) mass is 672 g/mol. The molecule has 1 nitrogen and oxygen atoms in total. The topological polar surface area (TPSA) is 13.1 Å². The van der Waals surface area contributed by atoms with Gasteiger partial charge in [0, 0.05) is 10.8 Å². The Morgan fingerprint density at radius 1 is 0.208 bits per heavy atom. The molecule has 0 atom stereocenters. The van der Waals surface area contributed by atoms with Crippen molar-refractivity contribution in [2.24, 2.45) is 0 Å². The fourth-order valence-electron chi connectivity index (χ4n) is 8.80. The Morgan fingerprint density at radius 2 is 0.472 bits per heavy atom. The van der Waals surface area contributed by atoms with Gasteiger partial charge in [-0.05, 0) is 112 Å². The molecule has 53 heavy (non-hydrogen) atoms. The lowest BCUT2D eigenvalue weighted by Gasteiger charge is -2.18. The summed E-state index contributed by atoms with van der Waals surface area (Å²) in [5, 5.41) is 12.2. The summed E-state index contributed by atoms with van der Waals surface area (Å²) in [5.74, 6) is 0. The third kappa shape index (κ3) is 4.58. The van der Waals surface area contributed by atoms with Crippen molar-refractivity contribution >= 4 is 65.0 Å². The lowest BCUT2D eigenvalue weighted by atomic mass is 9.85. The van der Waals surface area contributed by atoms with Crippen LogP contribution >= 0.6 is 0 Å². The molecule has 0 aliphatic carbocycles. The van der Waals surface area contributed by atoms with Crippen LogP contribution < -0.4 is 0 Å². The molecule has 0 radical (unpaired) electrons. The van der Waals surface area contributed by atoms with E-state index < -0.39 is 0 Å². The maximum Gasteiger partial charge on any atom is 0.135 e. The number of fused-ring (bicyclic) bond motifs is 7. The van der Waals surface area contributed by atoms with E-state index >= 15 is 0 Å². The molecule has 11 aromatic rings. The molecule has 0 aliphatic rings. The number of hydrogen-bond donors (Lipinski definition) is 0. The summed E-state index contributed by atoms with van der Waals surface area (Å²) in [5.41, 5.74) is 11.7. The molecule has 0 saturated heterocycles. The van der Waals surface area contributed by atoms with Crippen molar-refractivity contribution < 1.29 is 4.42 Å². The SMILES string of the molecule is c1ccc(-c2c3ccccc3c(-c3ccc4oc5ccc(-c6c7ccccc7c(-c7ccccc7)c7ccccc67)cc5c4c3)c3ccccc23)cc1. The van der Waals surface area contributed by atoms with Crippen molar-refractivity contribution in [1.82, 2.24) is 0 Å². The molecule has 0 saturated carbocycles. The first kappa shape index (κ1) is 29.7. The molecule has 10 aromatic carbocycles. The van der Waals surface area contributed by atoms with Crippen LogP contribution in [0.2, 0.25) is 0 Å². The summed E-state index contributed by atoms with van der Waals surface area (Å²) in [4.78, 5) is 0. The molecule has 0 spiro atoms. The molecule has 1 aromatic heterocycles. The predicted molar refractivity (Wildman–Crippen MR) is 225 cm³/mol. The molecule has 0 aliphatic heterocycles. The highest BCUT2D eigenvalue weighted by Crippen LogP contribution is 2.47. The lowest BCUT2D eigenvalue weighted by Crippen LogP contribution is -1.91. The van der Waals surface area contributed by atoms with E-state index in [0.29, 0.717) is 0 Å². The molecular formula is C52H32O. The molecule has 0 unspecified atom stereocenters. The minimum atomic E-state index is 0.893. The molecule has 0 fully saturated rings. The molecule has 11 rings (SSSR count). The van der Waals surface area contributed by atoms with Gasteiger partial charge in [-0.1, -0.05) is 170 Å². The van der Waals surface area contributed by atoms with Crippen LogP contribution in [-0.4, -0.2) is 0 Å². The van der Waals surface area contributed by atoms with Gasteiger partial charge >= 0.3 is 0 Å². The number of benzene rings is 10. The van der Waals surface area contributed by atoms with Gasteiger partial charge in [-0.15, -0.1) is 0 Å². The van der Waals surface area contributed by atoms with Gasteiger partial charge in [0.15, 0.2) is 0 Å². The third-order valence-corrected chi connectivity index (χ3v) is 11.0. The lowest BCUT2D eigenvalue weighted by molar-refractivity contribution is 0.669. The second-order valence-electron chi connectivity index (χ2n) is 13.9. The van der Waals surface area contributed by atoms with E-state index in [4.69, 9.17) is 4.42 Å². The van der Waals surface area contributed by atoms with Gasteiger partial charge in [0.2, 0.25) is 0 Å². The fourth-order valence-corrected chi connectivity index (χ4v) is 8.80. The Morgan fingerprint density at radius 3 is 0.774 bits per heavy atom. The normalized spacial score (nSPS) is 11.8. The van der Waals surface area contributed by atoms with Crippen LogP contribution in [0, 0.1) is 0 Å². The van der Waals surface area contributed by atoms with Gasteiger partial charge in [0.1, 0.15) is 11.2 Å². The van der Waals surface area contributed by atoms with E-state index in [1.165, 1.54) is 87.6 Å². The van der Waals surface area contributed by atoms with E-state index in [9.17, 15) is 0 Å². The molecule has 0 bridgehead atoms. The number of furan rings is 1. The third-order valence-electron chi connectivity index (χ3n) is 11.0. The van der Waals surface area contributed by atoms with Crippen molar-refractivity contribution in [1.29, 1.82) is 0 Å². The van der Waals surface area contributed by atoms with E-state index in [1.807, 2.05) is 0 Å². The van der Waals surface area contributed by atoms with Crippen molar-refractivity contribution in [2.75, 3.05) is 0 Å². The van der Waals surface area contributed by atoms with Crippen LogP contribution in [0.5, 0.6) is 0 Å². The Kier molecular flexibility index (Phi) is 6.62. The van der Waals surface area contributed by atoms with E-state index in [0.717, 1.165) is 21.9 Å². The van der Waals surface area contributed by atoms with Crippen molar-refractivity contribution in [2.45, 2.75) is 0 Å². The minimum absolute atomic E-state index is 0.893. The maximum absolute atomic E-state index is 6.54. The van der Waals surface area contributed by atoms with E-state index in [-0.39, 0.29) is 0 Å². The van der Waals surface area contributed by atoms with E-state index in [2.05, 4.69) is 194 Å². The van der Waals surface area contributed by atoms with Crippen LogP contribution in [0.3, 0.4) is 0 Å². The smallest absolute Gasteiger partial charge is 0.135 e. The summed E-state index contributed by atoms with van der Waals surface area (Å²) in [6.07, 6.45) is 0. The minimum Gasteiger partial charge on any atom is -0.456 e. The average molecular weight is 673 g/mol. The van der Waals surface area contributed by atoms with Crippen molar-refractivity contribution in [3.05, 3.63) is 194 Å². The quantitative estimate of drug-likeness (QED) is 0.170. The fraction of sp³-hybridized carbons (Fsp3) is 0. The first-order chi connectivity index (χ1) is 26.3. The zero-order valence-electron chi connectivity index (χ0n) is 28.9. The Bertz CT molecular complexity index is 2870. The summed E-state index contributed by atoms with van der Waals surface area (Å²) in [7, 11) is 0. The van der Waals surface area contributed by atoms with Crippen LogP contribution in [0.15, 0.2) is 199 Å². The highest BCUT2D eigenvalue weighted by molar-refractivity contribution is 6.24. The average Bonchev–Trinajstić information content (AvgIpc) is 3.59. The largest absolute Gasteiger partial charge is 0.456 e. The Balaban J connectivity index is 1.17. The van der Waals surface area contributed by atoms with Crippen LogP contribution in [0.25, 0.3) is 110 Å². The maximum atomic E-state index is 6.54. The van der Waals surface area contributed by atoms with Crippen molar-refractivity contribution in [3.8, 4) is 44.5 Å². The number of rotatable bonds is 4. The highest BCUT2D eigenvalue weighted by Gasteiger charge is 2.20. The molecule has 0 amide bonds. The van der Waals surface area contributed by atoms with Gasteiger partial charge in [0.05, 0.1) is 0 Å². The molecule has 0 N–H and O–H groups in total. The second kappa shape index (κ2) is 11.8.